The van der Waals surface area contributed by atoms with Gasteiger partial charge in [-0.05, 0) is 42.2 Å². The van der Waals surface area contributed by atoms with Crippen LogP contribution < -0.4 is 5.32 Å². The second-order valence-corrected chi connectivity index (χ2v) is 10.5. The van der Waals surface area contributed by atoms with Crippen molar-refractivity contribution in [1.82, 2.24) is 14.2 Å². The number of hydrogen-bond acceptors (Lipinski definition) is 6. The van der Waals surface area contributed by atoms with Crippen LogP contribution in [0.5, 0.6) is 0 Å². The largest absolute Gasteiger partial charge is 0.321 e. The second-order valence-electron chi connectivity index (χ2n) is 7.74. The van der Waals surface area contributed by atoms with Crippen LogP contribution in [0.1, 0.15) is 15.9 Å². The number of nitrogens with one attached hydrogen (secondary N) is 1. The lowest BCUT2D eigenvalue weighted by Gasteiger charge is -2.34. The maximum atomic E-state index is 13.2. The molecule has 0 bridgehead atoms. The molecule has 0 aliphatic carbocycles. The van der Waals surface area contributed by atoms with Crippen molar-refractivity contribution in [2.75, 3.05) is 37.8 Å². The molecule has 0 atom stereocenters. The van der Waals surface area contributed by atoms with Crippen LogP contribution in [0.2, 0.25) is 0 Å². The van der Waals surface area contributed by atoms with Gasteiger partial charge in [-0.15, -0.1) is 11.8 Å². The minimum atomic E-state index is -3.68. The van der Waals surface area contributed by atoms with Crippen LogP contribution in [0.3, 0.4) is 0 Å². The van der Waals surface area contributed by atoms with E-state index in [-0.39, 0.29) is 16.4 Å². The molecule has 1 amide bonds. The topological polar surface area (TPSA) is 82.6 Å². The molecule has 1 saturated heterocycles. The van der Waals surface area contributed by atoms with E-state index in [2.05, 4.69) is 27.3 Å². The fourth-order valence-electron chi connectivity index (χ4n) is 3.69. The van der Waals surface area contributed by atoms with Gasteiger partial charge in [-0.25, -0.2) is 13.4 Å². The first kappa shape index (κ1) is 23.4. The number of carbonyl (C=O) groups excluding carboxylic acids is 1. The fourth-order valence-corrected chi connectivity index (χ4v) is 5.53. The minimum Gasteiger partial charge on any atom is -0.321 e. The van der Waals surface area contributed by atoms with Crippen molar-refractivity contribution < 1.29 is 13.2 Å². The predicted octanol–water partition coefficient (Wildman–Crippen LogP) is 3.56. The van der Waals surface area contributed by atoms with Gasteiger partial charge >= 0.3 is 0 Å². The summed E-state index contributed by atoms with van der Waals surface area (Å²) in [6.45, 7) is 2.95. The van der Waals surface area contributed by atoms with Crippen LogP contribution in [0.25, 0.3) is 0 Å². The van der Waals surface area contributed by atoms with Gasteiger partial charge in [0.05, 0.1) is 21.8 Å². The molecule has 2 heterocycles. The number of benzene rings is 2. The van der Waals surface area contributed by atoms with Gasteiger partial charge in [0.1, 0.15) is 0 Å². The zero-order valence-corrected chi connectivity index (χ0v) is 20.0. The van der Waals surface area contributed by atoms with Gasteiger partial charge in [-0.1, -0.05) is 36.4 Å². The molecular formula is C24H26N4O3S2. The van der Waals surface area contributed by atoms with Gasteiger partial charge in [-0.3, -0.25) is 9.69 Å². The maximum Gasteiger partial charge on any atom is 0.255 e. The third kappa shape index (κ3) is 5.80. The van der Waals surface area contributed by atoms with Crippen molar-refractivity contribution in [3.8, 4) is 0 Å². The molecule has 1 aromatic heterocycles. The summed E-state index contributed by atoms with van der Waals surface area (Å²) >= 11 is 1.51. The number of hydrogen-bond donors (Lipinski definition) is 1. The van der Waals surface area contributed by atoms with E-state index < -0.39 is 10.0 Å². The van der Waals surface area contributed by atoms with Crippen molar-refractivity contribution in [3.63, 3.8) is 0 Å². The van der Waals surface area contributed by atoms with Crippen LogP contribution >= 0.6 is 11.8 Å². The minimum absolute atomic E-state index is 0.127. The number of nitrogens with zero attached hydrogens (tertiary/aromatic N) is 3. The van der Waals surface area contributed by atoms with Crippen molar-refractivity contribution in [1.29, 1.82) is 0 Å². The third-order valence-corrected chi connectivity index (χ3v) is 8.07. The number of aromatic nitrogens is 1. The molecule has 1 fully saturated rings. The van der Waals surface area contributed by atoms with E-state index >= 15 is 0 Å². The van der Waals surface area contributed by atoms with Crippen LogP contribution in [0, 0.1) is 0 Å². The Morgan fingerprint density at radius 2 is 1.76 bits per heavy atom. The number of anilines is 1. The lowest BCUT2D eigenvalue weighted by atomic mass is 10.2. The molecule has 1 N–H and O–H groups in total. The van der Waals surface area contributed by atoms with Crippen LogP contribution in [0.15, 0.2) is 82.8 Å². The molecule has 3 aromatic rings. The smallest absolute Gasteiger partial charge is 0.255 e. The van der Waals surface area contributed by atoms with E-state index in [1.54, 1.807) is 24.4 Å². The molecule has 2 aromatic carbocycles. The lowest BCUT2D eigenvalue weighted by molar-refractivity contribution is 0.102. The highest BCUT2D eigenvalue weighted by Crippen LogP contribution is 2.21. The SMILES string of the molecule is CSc1ccc(NC(=O)c2cccc(S(=O)(=O)N3CCN(Cc4ccccc4)CC3)c2)cn1. The quantitative estimate of drug-likeness (QED) is 0.519. The number of thioether (sulfide) groups is 1. The molecule has 4 rings (SSSR count). The first-order valence-corrected chi connectivity index (χ1v) is 13.3. The number of rotatable bonds is 7. The van der Waals surface area contributed by atoms with Crippen molar-refractivity contribution >= 4 is 33.4 Å². The Morgan fingerprint density at radius 3 is 2.42 bits per heavy atom. The van der Waals surface area contributed by atoms with Crippen LogP contribution in [0.4, 0.5) is 5.69 Å². The van der Waals surface area contributed by atoms with Crippen molar-refractivity contribution in [3.05, 3.63) is 84.1 Å². The summed E-state index contributed by atoms with van der Waals surface area (Å²) in [6, 6.07) is 19.9. The van der Waals surface area contributed by atoms with E-state index in [9.17, 15) is 13.2 Å². The predicted molar refractivity (Wildman–Crippen MR) is 131 cm³/mol. The highest BCUT2D eigenvalue weighted by atomic mass is 32.2. The van der Waals surface area contributed by atoms with E-state index in [1.807, 2.05) is 30.5 Å². The first-order chi connectivity index (χ1) is 16.0. The Kier molecular flexibility index (Phi) is 7.44. The summed E-state index contributed by atoms with van der Waals surface area (Å²) in [5.41, 5.74) is 2.05. The number of carbonyl (C=O) groups is 1. The maximum absolute atomic E-state index is 13.2. The molecular weight excluding hydrogens is 456 g/mol. The van der Waals surface area contributed by atoms with Gasteiger partial charge in [0.2, 0.25) is 10.0 Å². The summed E-state index contributed by atoms with van der Waals surface area (Å²) in [5, 5.41) is 3.62. The molecule has 1 aliphatic rings. The highest BCUT2D eigenvalue weighted by Gasteiger charge is 2.29. The Hall–Kier alpha value is -2.72. The van der Waals surface area contributed by atoms with Crippen LogP contribution in [-0.2, 0) is 16.6 Å². The van der Waals surface area contributed by atoms with Crippen molar-refractivity contribution in [2.24, 2.45) is 0 Å². The van der Waals surface area contributed by atoms with E-state index in [0.717, 1.165) is 11.6 Å². The molecule has 7 nitrogen and oxygen atoms in total. The average Bonchev–Trinajstić information content (AvgIpc) is 2.85. The molecule has 0 saturated carbocycles. The average molecular weight is 483 g/mol. The van der Waals surface area contributed by atoms with Crippen LogP contribution in [-0.4, -0.2) is 60.9 Å². The van der Waals surface area contributed by atoms with Gasteiger partial charge < -0.3 is 5.32 Å². The van der Waals surface area contributed by atoms with Crippen molar-refractivity contribution in [2.45, 2.75) is 16.5 Å². The Bertz CT molecular complexity index is 1190. The van der Waals surface area contributed by atoms with E-state index in [0.29, 0.717) is 31.9 Å². The second kappa shape index (κ2) is 10.5. The summed E-state index contributed by atoms with van der Waals surface area (Å²) < 4.78 is 27.9. The number of sulfonamides is 1. The van der Waals surface area contributed by atoms with Gasteiger partial charge in [0.15, 0.2) is 0 Å². The zero-order chi connectivity index (χ0) is 23.3. The lowest BCUT2D eigenvalue weighted by Crippen LogP contribution is -2.48. The van der Waals surface area contributed by atoms with Gasteiger partial charge in [0, 0.05) is 38.3 Å². The summed E-state index contributed by atoms with van der Waals surface area (Å²) in [7, 11) is -3.68. The first-order valence-electron chi connectivity index (χ1n) is 10.6. The Morgan fingerprint density at radius 1 is 1.00 bits per heavy atom. The fraction of sp³-hybridized carbons (Fsp3) is 0.250. The number of pyridine rings is 1. The Labute approximate surface area is 198 Å². The summed E-state index contributed by atoms with van der Waals surface area (Å²) in [4.78, 5) is 19.3. The normalized spacial score (nSPS) is 15.3. The molecule has 0 unspecified atom stereocenters. The van der Waals surface area contributed by atoms with E-state index in [1.165, 1.54) is 33.8 Å². The molecule has 33 heavy (non-hydrogen) atoms. The molecule has 9 heteroatoms. The standard InChI is InChI=1S/C24H26N4O3S2/c1-32-23-11-10-21(17-25-23)26-24(29)20-8-5-9-22(16-20)33(30,31)28-14-12-27(13-15-28)18-19-6-3-2-4-7-19/h2-11,16-17H,12-15,18H2,1H3,(H,26,29). The van der Waals surface area contributed by atoms with Gasteiger partial charge in [0.25, 0.3) is 5.91 Å². The molecule has 1 aliphatic heterocycles. The number of piperazine rings is 1. The molecule has 172 valence electrons. The summed E-state index contributed by atoms with van der Waals surface area (Å²) in [5.74, 6) is -0.376. The van der Waals surface area contributed by atoms with E-state index in [4.69, 9.17) is 0 Å². The number of amides is 1. The molecule has 0 radical (unpaired) electrons. The monoisotopic (exact) mass is 482 g/mol. The highest BCUT2D eigenvalue weighted by molar-refractivity contribution is 7.98. The third-order valence-electron chi connectivity index (χ3n) is 5.52. The zero-order valence-electron chi connectivity index (χ0n) is 18.3. The summed E-state index contributed by atoms with van der Waals surface area (Å²) in [6.07, 6.45) is 3.51. The van der Waals surface area contributed by atoms with Gasteiger partial charge in [-0.2, -0.15) is 4.31 Å². The Balaban J connectivity index is 1.41. The molecule has 0 spiro atoms.